The van der Waals surface area contributed by atoms with Crippen molar-refractivity contribution in [1.82, 2.24) is 4.98 Å². The molecule has 0 bridgehead atoms. The molecule has 0 saturated heterocycles. The molecule has 1 heterocycles. The summed E-state index contributed by atoms with van der Waals surface area (Å²) in [5.41, 5.74) is 10.1. The maximum absolute atomic E-state index is 10.7. The molecule has 86 valence electrons. The van der Waals surface area contributed by atoms with E-state index in [1.54, 1.807) is 0 Å². The third kappa shape index (κ3) is 4.85. The fraction of sp³-hybridized carbons (Fsp3) is 0.200. The summed E-state index contributed by atoms with van der Waals surface area (Å²) in [6, 6.07) is 1.35. The van der Waals surface area contributed by atoms with Gasteiger partial charge in [0.2, 0.25) is 5.91 Å². The van der Waals surface area contributed by atoms with Crippen LogP contribution < -0.4 is 11.5 Å². The van der Waals surface area contributed by atoms with Crippen molar-refractivity contribution >= 4 is 17.6 Å². The molecule has 0 aromatic carbocycles. The van der Waals surface area contributed by atoms with Gasteiger partial charge < -0.3 is 16.3 Å². The first kappa shape index (κ1) is 13.8. The molecule has 6 heteroatoms. The van der Waals surface area contributed by atoms with E-state index in [4.69, 9.17) is 11.5 Å². The zero-order chi connectivity index (χ0) is 12.7. The van der Waals surface area contributed by atoms with Crippen molar-refractivity contribution in [2.24, 2.45) is 11.5 Å². The second-order valence-corrected chi connectivity index (χ2v) is 3.06. The van der Waals surface area contributed by atoms with E-state index >= 15 is 0 Å². The summed E-state index contributed by atoms with van der Waals surface area (Å²) in [5.74, 6) is -1.23. The Labute approximate surface area is 92.6 Å². The Balaban J connectivity index is 0.000000487. The summed E-state index contributed by atoms with van der Waals surface area (Å²) < 4.78 is 0. The number of amides is 2. The van der Waals surface area contributed by atoms with Crippen LogP contribution in [-0.2, 0) is 4.79 Å². The number of nitrogens with zero attached hydrogens (tertiary/aromatic N) is 1. The van der Waals surface area contributed by atoms with Crippen molar-refractivity contribution in [2.75, 3.05) is 0 Å². The van der Waals surface area contributed by atoms with E-state index in [0.717, 1.165) is 0 Å². The number of hydrogen-bond acceptors (Lipinski definition) is 4. The van der Waals surface area contributed by atoms with Gasteiger partial charge >= 0.3 is 0 Å². The molecule has 1 rings (SSSR count). The zero-order valence-electron chi connectivity index (χ0n) is 9.06. The molecule has 0 aliphatic rings. The molecular formula is C10H13N3O3. The normalized spacial score (nSPS) is 8.62. The van der Waals surface area contributed by atoms with Gasteiger partial charge in [0.25, 0.3) is 5.91 Å². The molecule has 4 N–H and O–H groups in total. The lowest BCUT2D eigenvalue weighted by molar-refractivity contribution is -0.115. The first-order valence-electron chi connectivity index (χ1n) is 4.37. The Morgan fingerprint density at radius 1 is 1.06 bits per heavy atom. The fourth-order valence-corrected chi connectivity index (χ4v) is 0.806. The quantitative estimate of drug-likeness (QED) is 0.726. The average Bonchev–Trinajstić information content (AvgIpc) is 2.16. The van der Waals surface area contributed by atoms with Gasteiger partial charge in [0, 0.05) is 12.4 Å². The molecule has 6 nitrogen and oxygen atoms in total. The van der Waals surface area contributed by atoms with Crippen LogP contribution >= 0.6 is 0 Å². The Hall–Kier alpha value is -2.24. The van der Waals surface area contributed by atoms with E-state index in [1.165, 1.54) is 32.3 Å². The average molecular weight is 223 g/mol. The van der Waals surface area contributed by atoms with Crippen molar-refractivity contribution < 1.29 is 14.4 Å². The van der Waals surface area contributed by atoms with Crippen LogP contribution in [0.25, 0.3) is 0 Å². The molecule has 0 saturated carbocycles. The molecule has 1 aromatic rings. The molecule has 0 radical (unpaired) electrons. The Morgan fingerprint density at radius 3 is 1.81 bits per heavy atom. The lowest BCUT2D eigenvalue weighted by Gasteiger charge is -1.99. The number of pyridine rings is 1. The maximum atomic E-state index is 10.7. The standard InChI is InChI=1S/C7H7N3O2.C3H6O/c8-6(11)4-1-2-10-3-5(4)7(9)12;1-3(2)4/h1-3H,(H2,8,11)(H2,9,12);1-2H3. The second kappa shape index (κ2) is 6.28. The molecule has 2 amide bonds. The van der Waals surface area contributed by atoms with Crippen molar-refractivity contribution in [3.63, 3.8) is 0 Å². The summed E-state index contributed by atoms with van der Waals surface area (Å²) in [7, 11) is 0. The second-order valence-electron chi connectivity index (χ2n) is 3.06. The first-order chi connectivity index (χ1) is 7.36. The fourth-order valence-electron chi connectivity index (χ4n) is 0.806. The highest BCUT2D eigenvalue weighted by Gasteiger charge is 2.11. The highest BCUT2D eigenvalue weighted by atomic mass is 16.2. The van der Waals surface area contributed by atoms with Crippen LogP contribution in [0.2, 0.25) is 0 Å². The molecule has 0 spiro atoms. The maximum Gasteiger partial charge on any atom is 0.251 e. The van der Waals surface area contributed by atoms with Gasteiger partial charge in [-0.05, 0) is 19.9 Å². The van der Waals surface area contributed by atoms with E-state index in [9.17, 15) is 14.4 Å². The molecule has 1 aromatic heterocycles. The number of carbonyl (C=O) groups excluding carboxylic acids is 3. The number of Topliss-reactive ketones (excluding diaryl/α,β-unsaturated/α-hetero) is 1. The highest BCUT2D eigenvalue weighted by molar-refractivity contribution is 6.05. The summed E-state index contributed by atoms with van der Waals surface area (Å²) >= 11 is 0. The first-order valence-corrected chi connectivity index (χ1v) is 4.37. The summed E-state index contributed by atoms with van der Waals surface area (Å²) in [5, 5.41) is 0. The Morgan fingerprint density at radius 2 is 1.50 bits per heavy atom. The predicted molar refractivity (Wildman–Crippen MR) is 57.6 cm³/mol. The smallest absolute Gasteiger partial charge is 0.251 e. The van der Waals surface area contributed by atoms with E-state index in [1.807, 2.05) is 0 Å². The Bertz CT molecular complexity index is 379. The third-order valence-electron chi connectivity index (χ3n) is 1.35. The largest absolute Gasteiger partial charge is 0.366 e. The number of hydrogen-bond donors (Lipinski definition) is 2. The van der Waals surface area contributed by atoms with Gasteiger partial charge in [0.1, 0.15) is 5.78 Å². The number of primary amides is 2. The predicted octanol–water partition coefficient (Wildman–Crippen LogP) is -0.125. The zero-order valence-corrected chi connectivity index (χ0v) is 9.06. The van der Waals surface area contributed by atoms with Crippen LogP contribution in [0.1, 0.15) is 34.6 Å². The van der Waals surface area contributed by atoms with Gasteiger partial charge in [-0.2, -0.15) is 0 Å². The molecular weight excluding hydrogens is 210 g/mol. The monoisotopic (exact) mass is 223 g/mol. The molecule has 16 heavy (non-hydrogen) atoms. The van der Waals surface area contributed by atoms with Crippen LogP contribution in [-0.4, -0.2) is 22.6 Å². The Kier molecular flexibility index (Phi) is 5.40. The van der Waals surface area contributed by atoms with E-state index < -0.39 is 11.8 Å². The minimum Gasteiger partial charge on any atom is -0.366 e. The van der Waals surface area contributed by atoms with Crippen LogP contribution in [0, 0.1) is 0 Å². The molecule has 0 unspecified atom stereocenters. The van der Waals surface area contributed by atoms with Gasteiger partial charge in [-0.25, -0.2) is 0 Å². The SMILES string of the molecule is CC(C)=O.NC(=O)c1ccncc1C(N)=O. The van der Waals surface area contributed by atoms with Gasteiger partial charge in [0.05, 0.1) is 11.1 Å². The van der Waals surface area contributed by atoms with Gasteiger partial charge in [0.15, 0.2) is 0 Å². The molecule has 0 aliphatic heterocycles. The minimum absolute atomic E-state index is 0.0463. The van der Waals surface area contributed by atoms with Gasteiger partial charge in [-0.15, -0.1) is 0 Å². The lowest BCUT2D eigenvalue weighted by atomic mass is 10.1. The van der Waals surface area contributed by atoms with Crippen LogP contribution in [0.15, 0.2) is 18.5 Å². The summed E-state index contributed by atoms with van der Waals surface area (Å²) in [4.78, 5) is 34.5. The van der Waals surface area contributed by atoms with Crippen molar-refractivity contribution in [2.45, 2.75) is 13.8 Å². The molecule has 0 aliphatic carbocycles. The number of nitrogens with two attached hydrogens (primary N) is 2. The third-order valence-corrected chi connectivity index (χ3v) is 1.35. The number of rotatable bonds is 2. The number of carbonyl (C=O) groups is 3. The van der Waals surface area contributed by atoms with Crippen LogP contribution in [0.4, 0.5) is 0 Å². The minimum atomic E-state index is -0.711. The number of aromatic nitrogens is 1. The van der Waals surface area contributed by atoms with Crippen molar-refractivity contribution in [3.8, 4) is 0 Å². The van der Waals surface area contributed by atoms with E-state index in [0.29, 0.717) is 0 Å². The van der Waals surface area contributed by atoms with E-state index in [2.05, 4.69) is 4.98 Å². The summed E-state index contributed by atoms with van der Waals surface area (Å²) in [6.45, 7) is 3.06. The van der Waals surface area contributed by atoms with Crippen molar-refractivity contribution in [1.29, 1.82) is 0 Å². The van der Waals surface area contributed by atoms with Crippen LogP contribution in [0.3, 0.4) is 0 Å². The van der Waals surface area contributed by atoms with Gasteiger partial charge in [-0.1, -0.05) is 0 Å². The molecule has 0 atom stereocenters. The lowest BCUT2D eigenvalue weighted by Crippen LogP contribution is -2.20. The van der Waals surface area contributed by atoms with Crippen LogP contribution in [0.5, 0.6) is 0 Å². The molecule has 0 fully saturated rings. The number of ketones is 1. The van der Waals surface area contributed by atoms with E-state index in [-0.39, 0.29) is 16.9 Å². The highest BCUT2D eigenvalue weighted by Crippen LogP contribution is 2.04. The topological polar surface area (TPSA) is 116 Å². The summed E-state index contributed by atoms with van der Waals surface area (Å²) in [6.07, 6.45) is 2.58. The van der Waals surface area contributed by atoms with Crippen molar-refractivity contribution in [3.05, 3.63) is 29.6 Å². The van der Waals surface area contributed by atoms with Gasteiger partial charge in [-0.3, -0.25) is 14.6 Å².